The van der Waals surface area contributed by atoms with Crippen molar-refractivity contribution >= 4 is 23.2 Å². The van der Waals surface area contributed by atoms with Crippen LogP contribution in [-0.4, -0.2) is 42.3 Å². The van der Waals surface area contributed by atoms with Gasteiger partial charge in [-0.15, -0.1) is 10.2 Å². The van der Waals surface area contributed by atoms with Gasteiger partial charge in [0.25, 0.3) is 0 Å². The number of aromatic nitrogens is 2. The van der Waals surface area contributed by atoms with Gasteiger partial charge in [-0.3, -0.25) is 4.79 Å². The van der Waals surface area contributed by atoms with Crippen LogP contribution in [0.15, 0.2) is 36.4 Å². The standard InChI is InChI=1S/C16H18FN5O/c1-12(23)18-15-6-7-16(20-19-15)22-10-8-21(9-11-22)14-4-2-13(17)3-5-14/h2-7H,8-11H2,1H3,(H,18,19,23). The maximum atomic E-state index is 13.0. The quantitative estimate of drug-likeness (QED) is 0.937. The van der Waals surface area contributed by atoms with E-state index in [4.69, 9.17) is 0 Å². The highest BCUT2D eigenvalue weighted by Gasteiger charge is 2.18. The average molecular weight is 315 g/mol. The number of amides is 1. The van der Waals surface area contributed by atoms with E-state index in [2.05, 4.69) is 25.3 Å². The minimum Gasteiger partial charge on any atom is -0.368 e. The highest BCUT2D eigenvalue weighted by molar-refractivity contribution is 5.87. The highest BCUT2D eigenvalue weighted by Crippen LogP contribution is 2.19. The normalized spacial score (nSPS) is 14.7. The Morgan fingerprint density at radius 2 is 1.65 bits per heavy atom. The third kappa shape index (κ3) is 3.74. The first kappa shape index (κ1) is 15.2. The molecule has 1 aromatic heterocycles. The van der Waals surface area contributed by atoms with Crippen LogP contribution in [-0.2, 0) is 4.79 Å². The first-order valence-electron chi connectivity index (χ1n) is 7.48. The molecule has 3 rings (SSSR count). The smallest absolute Gasteiger partial charge is 0.222 e. The molecule has 1 fully saturated rings. The van der Waals surface area contributed by atoms with E-state index < -0.39 is 0 Å². The van der Waals surface area contributed by atoms with Gasteiger partial charge in [-0.25, -0.2) is 4.39 Å². The lowest BCUT2D eigenvalue weighted by Crippen LogP contribution is -2.46. The van der Waals surface area contributed by atoms with Crippen LogP contribution in [0.1, 0.15) is 6.92 Å². The van der Waals surface area contributed by atoms with Crippen molar-refractivity contribution in [2.45, 2.75) is 6.92 Å². The van der Waals surface area contributed by atoms with E-state index in [1.165, 1.54) is 19.1 Å². The minimum atomic E-state index is -0.220. The molecule has 1 aromatic carbocycles. The summed E-state index contributed by atoms with van der Waals surface area (Å²) in [4.78, 5) is 15.3. The third-order valence-electron chi connectivity index (χ3n) is 3.75. The van der Waals surface area contributed by atoms with Gasteiger partial charge < -0.3 is 15.1 Å². The van der Waals surface area contributed by atoms with E-state index in [1.807, 2.05) is 6.07 Å². The van der Waals surface area contributed by atoms with Gasteiger partial charge in [0.1, 0.15) is 5.82 Å². The zero-order chi connectivity index (χ0) is 16.2. The number of nitrogens with one attached hydrogen (secondary N) is 1. The second kappa shape index (κ2) is 6.60. The van der Waals surface area contributed by atoms with Gasteiger partial charge in [0, 0.05) is 38.8 Å². The van der Waals surface area contributed by atoms with Gasteiger partial charge in [-0.1, -0.05) is 0 Å². The summed E-state index contributed by atoms with van der Waals surface area (Å²) >= 11 is 0. The minimum absolute atomic E-state index is 0.167. The van der Waals surface area contributed by atoms with E-state index in [1.54, 1.807) is 18.2 Å². The zero-order valence-electron chi connectivity index (χ0n) is 12.9. The molecule has 0 saturated carbocycles. The summed E-state index contributed by atoms with van der Waals surface area (Å²) in [6.07, 6.45) is 0. The summed E-state index contributed by atoms with van der Waals surface area (Å²) in [7, 11) is 0. The van der Waals surface area contributed by atoms with Crippen LogP contribution >= 0.6 is 0 Å². The molecular weight excluding hydrogens is 297 g/mol. The molecule has 6 nitrogen and oxygen atoms in total. The third-order valence-corrected chi connectivity index (χ3v) is 3.75. The van der Waals surface area contributed by atoms with Crippen LogP contribution in [0, 0.1) is 5.82 Å². The molecule has 2 aromatic rings. The van der Waals surface area contributed by atoms with E-state index in [-0.39, 0.29) is 11.7 Å². The Kier molecular flexibility index (Phi) is 4.36. The van der Waals surface area contributed by atoms with Crippen molar-refractivity contribution < 1.29 is 9.18 Å². The molecule has 0 bridgehead atoms. The molecule has 23 heavy (non-hydrogen) atoms. The monoisotopic (exact) mass is 315 g/mol. The Hall–Kier alpha value is -2.70. The Balaban J connectivity index is 1.60. The van der Waals surface area contributed by atoms with Crippen LogP contribution in [0.25, 0.3) is 0 Å². The number of benzene rings is 1. The first-order chi connectivity index (χ1) is 11.1. The molecule has 0 spiro atoms. The molecule has 1 aliphatic heterocycles. The van der Waals surface area contributed by atoms with E-state index in [0.29, 0.717) is 5.82 Å². The van der Waals surface area contributed by atoms with Crippen molar-refractivity contribution in [3.63, 3.8) is 0 Å². The molecule has 1 amide bonds. The van der Waals surface area contributed by atoms with Crippen molar-refractivity contribution in [1.82, 2.24) is 10.2 Å². The molecule has 1 saturated heterocycles. The molecular formula is C16H18FN5O. The maximum Gasteiger partial charge on any atom is 0.222 e. The van der Waals surface area contributed by atoms with Gasteiger partial charge in [-0.2, -0.15) is 0 Å². The van der Waals surface area contributed by atoms with E-state index in [0.717, 1.165) is 37.7 Å². The molecule has 0 aliphatic carbocycles. The van der Waals surface area contributed by atoms with Crippen LogP contribution in [0.3, 0.4) is 0 Å². The first-order valence-corrected chi connectivity index (χ1v) is 7.48. The second-order valence-electron chi connectivity index (χ2n) is 5.41. The molecule has 7 heteroatoms. The topological polar surface area (TPSA) is 61.4 Å². The lowest BCUT2D eigenvalue weighted by Gasteiger charge is -2.36. The molecule has 0 radical (unpaired) electrons. The summed E-state index contributed by atoms with van der Waals surface area (Å²) in [6.45, 7) is 4.73. The summed E-state index contributed by atoms with van der Waals surface area (Å²) in [5.74, 6) is 0.853. The van der Waals surface area contributed by atoms with Crippen molar-refractivity contribution in [3.05, 3.63) is 42.2 Å². The summed E-state index contributed by atoms with van der Waals surface area (Å²) < 4.78 is 13.0. The number of piperazine rings is 1. The summed E-state index contributed by atoms with van der Waals surface area (Å²) in [5.41, 5.74) is 1.03. The van der Waals surface area contributed by atoms with E-state index in [9.17, 15) is 9.18 Å². The molecule has 0 unspecified atom stereocenters. The Bertz CT molecular complexity index is 666. The fourth-order valence-electron chi connectivity index (χ4n) is 2.59. The second-order valence-corrected chi connectivity index (χ2v) is 5.41. The summed E-state index contributed by atoms with van der Waals surface area (Å²) in [6, 6.07) is 10.2. The maximum absolute atomic E-state index is 13.0. The van der Waals surface area contributed by atoms with Gasteiger partial charge >= 0.3 is 0 Å². The number of anilines is 3. The number of carbonyl (C=O) groups excluding carboxylic acids is 1. The van der Waals surface area contributed by atoms with Crippen molar-refractivity contribution in [1.29, 1.82) is 0 Å². The average Bonchev–Trinajstić information content (AvgIpc) is 2.56. The van der Waals surface area contributed by atoms with Gasteiger partial charge in [-0.05, 0) is 36.4 Å². The number of nitrogens with zero attached hydrogens (tertiary/aromatic N) is 4. The van der Waals surface area contributed by atoms with Crippen LogP contribution in [0.5, 0.6) is 0 Å². The van der Waals surface area contributed by atoms with Crippen molar-refractivity contribution in [3.8, 4) is 0 Å². The molecule has 2 heterocycles. The highest BCUT2D eigenvalue weighted by atomic mass is 19.1. The number of carbonyl (C=O) groups is 1. The molecule has 0 atom stereocenters. The van der Waals surface area contributed by atoms with E-state index >= 15 is 0 Å². The van der Waals surface area contributed by atoms with Crippen LogP contribution in [0.4, 0.5) is 21.7 Å². The van der Waals surface area contributed by atoms with Gasteiger partial charge in [0.2, 0.25) is 5.91 Å². The number of rotatable bonds is 3. The number of hydrogen-bond donors (Lipinski definition) is 1. The fraction of sp³-hybridized carbons (Fsp3) is 0.312. The van der Waals surface area contributed by atoms with Crippen LogP contribution < -0.4 is 15.1 Å². The largest absolute Gasteiger partial charge is 0.368 e. The van der Waals surface area contributed by atoms with Crippen LogP contribution in [0.2, 0.25) is 0 Å². The molecule has 120 valence electrons. The predicted octanol–water partition coefficient (Wildman–Crippen LogP) is 1.90. The SMILES string of the molecule is CC(=O)Nc1ccc(N2CCN(c3ccc(F)cc3)CC2)nn1. The lowest BCUT2D eigenvalue weighted by molar-refractivity contribution is -0.114. The number of halogens is 1. The van der Waals surface area contributed by atoms with Gasteiger partial charge in [0.15, 0.2) is 11.6 Å². The molecule has 1 N–H and O–H groups in total. The van der Waals surface area contributed by atoms with Crippen molar-refractivity contribution in [2.75, 3.05) is 41.3 Å². The molecule has 1 aliphatic rings. The summed E-state index contributed by atoms with van der Waals surface area (Å²) in [5, 5.41) is 10.8. The Morgan fingerprint density at radius 3 is 2.22 bits per heavy atom. The number of hydrogen-bond acceptors (Lipinski definition) is 5. The Morgan fingerprint density at radius 1 is 1.00 bits per heavy atom. The fourth-order valence-corrected chi connectivity index (χ4v) is 2.59. The lowest BCUT2D eigenvalue weighted by atomic mass is 10.2. The Labute approximate surface area is 133 Å². The zero-order valence-corrected chi connectivity index (χ0v) is 12.9. The predicted molar refractivity (Wildman–Crippen MR) is 87.2 cm³/mol. The van der Waals surface area contributed by atoms with Crippen molar-refractivity contribution in [2.24, 2.45) is 0 Å². The van der Waals surface area contributed by atoms with Gasteiger partial charge in [0.05, 0.1) is 0 Å².